The first-order valence-electron chi connectivity index (χ1n) is 6.03. The third-order valence-corrected chi connectivity index (χ3v) is 2.50. The second-order valence-electron chi connectivity index (χ2n) is 3.94. The van der Waals surface area contributed by atoms with Crippen LogP contribution in [-0.4, -0.2) is 16.6 Å². The maximum atomic E-state index is 5.50. The minimum Gasteiger partial charge on any atom is -0.490 e. The van der Waals surface area contributed by atoms with Crippen molar-refractivity contribution in [2.75, 3.05) is 11.9 Å². The number of aryl methyl sites for hydroxylation is 1. The van der Waals surface area contributed by atoms with Gasteiger partial charge in [-0.3, -0.25) is 4.98 Å². The number of hydrogen-bond donors (Lipinski definition) is 1. The van der Waals surface area contributed by atoms with Crippen molar-refractivity contribution in [2.45, 2.75) is 20.4 Å². The van der Waals surface area contributed by atoms with E-state index in [1.165, 1.54) is 0 Å². The van der Waals surface area contributed by atoms with E-state index in [-0.39, 0.29) is 0 Å². The van der Waals surface area contributed by atoms with Gasteiger partial charge in [0.15, 0.2) is 11.6 Å². The van der Waals surface area contributed by atoms with Crippen LogP contribution in [0, 0.1) is 6.92 Å². The highest BCUT2D eigenvalue weighted by molar-refractivity contribution is 5.49. The molecule has 0 saturated heterocycles. The first-order chi connectivity index (χ1) is 8.79. The van der Waals surface area contributed by atoms with Crippen LogP contribution in [0.1, 0.15) is 18.2 Å². The Morgan fingerprint density at radius 3 is 2.83 bits per heavy atom. The van der Waals surface area contributed by atoms with E-state index in [1.54, 1.807) is 6.20 Å². The summed E-state index contributed by atoms with van der Waals surface area (Å²) in [6, 6.07) is 7.83. The largest absolute Gasteiger partial charge is 0.490 e. The fourth-order valence-corrected chi connectivity index (χ4v) is 1.58. The molecule has 0 saturated carbocycles. The van der Waals surface area contributed by atoms with Gasteiger partial charge >= 0.3 is 0 Å². The third kappa shape index (κ3) is 3.20. The number of rotatable bonds is 5. The molecular formula is C14H17N3O. The smallest absolute Gasteiger partial charge is 0.169 e. The van der Waals surface area contributed by atoms with Gasteiger partial charge in [0.25, 0.3) is 0 Å². The van der Waals surface area contributed by atoms with Crippen LogP contribution < -0.4 is 10.1 Å². The van der Waals surface area contributed by atoms with E-state index in [9.17, 15) is 0 Å². The lowest BCUT2D eigenvalue weighted by molar-refractivity contribution is 0.340. The normalized spacial score (nSPS) is 10.1. The molecule has 4 nitrogen and oxygen atoms in total. The number of nitrogens with one attached hydrogen (secondary N) is 1. The first-order valence-corrected chi connectivity index (χ1v) is 6.03. The fourth-order valence-electron chi connectivity index (χ4n) is 1.58. The molecule has 0 amide bonds. The topological polar surface area (TPSA) is 47.0 Å². The molecule has 2 heterocycles. The fraction of sp³-hybridized carbons (Fsp3) is 0.286. The molecular weight excluding hydrogens is 226 g/mol. The lowest BCUT2D eigenvalue weighted by Gasteiger charge is -2.10. The summed E-state index contributed by atoms with van der Waals surface area (Å²) >= 11 is 0. The minimum atomic E-state index is 0.631. The van der Waals surface area contributed by atoms with Gasteiger partial charge in [0.05, 0.1) is 6.61 Å². The average molecular weight is 243 g/mol. The quantitative estimate of drug-likeness (QED) is 0.877. The van der Waals surface area contributed by atoms with E-state index in [0.717, 1.165) is 22.8 Å². The van der Waals surface area contributed by atoms with Gasteiger partial charge in [-0.05, 0) is 37.6 Å². The summed E-state index contributed by atoms with van der Waals surface area (Å²) in [5, 5.41) is 3.26. The van der Waals surface area contributed by atoms with E-state index >= 15 is 0 Å². The molecule has 0 aromatic carbocycles. The van der Waals surface area contributed by atoms with Gasteiger partial charge in [0, 0.05) is 24.6 Å². The van der Waals surface area contributed by atoms with Crippen molar-refractivity contribution in [2.24, 2.45) is 0 Å². The van der Waals surface area contributed by atoms with Crippen LogP contribution in [0.15, 0.2) is 36.7 Å². The van der Waals surface area contributed by atoms with Crippen LogP contribution in [-0.2, 0) is 6.54 Å². The highest BCUT2D eigenvalue weighted by Gasteiger charge is 2.03. The SMILES string of the molecule is CCOc1cccnc1NCc1ccc(C)nc1. The Balaban J connectivity index is 2.03. The monoisotopic (exact) mass is 243 g/mol. The molecule has 0 bridgehead atoms. The Bertz CT molecular complexity index is 497. The Kier molecular flexibility index (Phi) is 4.12. The average Bonchev–Trinajstić information content (AvgIpc) is 2.40. The lowest BCUT2D eigenvalue weighted by Crippen LogP contribution is -2.04. The predicted octanol–water partition coefficient (Wildman–Crippen LogP) is 2.80. The molecule has 0 aliphatic carbocycles. The maximum absolute atomic E-state index is 5.50. The molecule has 4 heteroatoms. The van der Waals surface area contributed by atoms with E-state index < -0.39 is 0 Å². The number of aromatic nitrogens is 2. The zero-order valence-electron chi connectivity index (χ0n) is 10.7. The molecule has 94 valence electrons. The van der Waals surface area contributed by atoms with Crippen LogP contribution >= 0.6 is 0 Å². The van der Waals surface area contributed by atoms with E-state index in [2.05, 4.69) is 21.4 Å². The molecule has 0 spiro atoms. The van der Waals surface area contributed by atoms with E-state index in [0.29, 0.717) is 13.2 Å². The van der Waals surface area contributed by atoms with Gasteiger partial charge in [-0.1, -0.05) is 6.07 Å². The van der Waals surface area contributed by atoms with Crippen molar-refractivity contribution >= 4 is 5.82 Å². The molecule has 0 radical (unpaired) electrons. The van der Waals surface area contributed by atoms with Gasteiger partial charge in [0.1, 0.15) is 0 Å². The molecule has 18 heavy (non-hydrogen) atoms. The van der Waals surface area contributed by atoms with E-state index in [1.807, 2.05) is 38.2 Å². The lowest BCUT2D eigenvalue weighted by atomic mass is 10.2. The second kappa shape index (κ2) is 6.00. The standard InChI is InChI=1S/C14H17N3O/c1-3-18-13-5-4-8-15-14(13)17-10-12-7-6-11(2)16-9-12/h4-9H,3,10H2,1-2H3,(H,15,17). The molecule has 2 aromatic rings. The molecule has 0 unspecified atom stereocenters. The minimum absolute atomic E-state index is 0.631. The van der Waals surface area contributed by atoms with Crippen LogP contribution in [0.3, 0.4) is 0 Å². The molecule has 0 atom stereocenters. The van der Waals surface area contributed by atoms with Crippen LogP contribution in [0.25, 0.3) is 0 Å². The van der Waals surface area contributed by atoms with Gasteiger partial charge in [-0.2, -0.15) is 0 Å². The summed E-state index contributed by atoms with van der Waals surface area (Å²) < 4.78 is 5.50. The highest BCUT2D eigenvalue weighted by Crippen LogP contribution is 2.21. The van der Waals surface area contributed by atoms with Crippen LogP contribution in [0.2, 0.25) is 0 Å². The summed E-state index contributed by atoms with van der Waals surface area (Å²) in [7, 11) is 0. The van der Waals surface area contributed by atoms with Gasteiger partial charge in [0.2, 0.25) is 0 Å². The van der Waals surface area contributed by atoms with Gasteiger partial charge in [-0.25, -0.2) is 4.98 Å². The van der Waals surface area contributed by atoms with Crippen LogP contribution in [0.4, 0.5) is 5.82 Å². The Morgan fingerprint density at radius 2 is 2.11 bits per heavy atom. The predicted molar refractivity (Wildman–Crippen MR) is 71.7 cm³/mol. The molecule has 1 N–H and O–H groups in total. The zero-order valence-corrected chi connectivity index (χ0v) is 10.7. The molecule has 0 aliphatic heterocycles. The van der Waals surface area contributed by atoms with Crippen molar-refractivity contribution < 1.29 is 4.74 Å². The second-order valence-corrected chi connectivity index (χ2v) is 3.94. The van der Waals surface area contributed by atoms with Crippen molar-refractivity contribution in [3.8, 4) is 5.75 Å². The number of pyridine rings is 2. The van der Waals surface area contributed by atoms with Crippen molar-refractivity contribution in [3.63, 3.8) is 0 Å². The van der Waals surface area contributed by atoms with Gasteiger partial charge < -0.3 is 10.1 Å². The van der Waals surface area contributed by atoms with Gasteiger partial charge in [-0.15, -0.1) is 0 Å². The summed E-state index contributed by atoms with van der Waals surface area (Å²) in [4.78, 5) is 8.53. The molecule has 0 aliphatic rings. The Morgan fingerprint density at radius 1 is 1.22 bits per heavy atom. The van der Waals surface area contributed by atoms with E-state index in [4.69, 9.17) is 4.74 Å². The number of ether oxygens (including phenoxy) is 1. The van der Waals surface area contributed by atoms with Crippen molar-refractivity contribution in [1.29, 1.82) is 0 Å². The number of anilines is 1. The number of hydrogen-bond acceptors (Lipinski definition) is 4. The molecule has 2 aromatic heterocycles. The van der Waals surface area contributed by atoms with Crippen molar-refractivity contribution in [3.05, 3.63) is 47.9 Å². The Labute approximate surface area is 107 Å². The van der Waals surface area contributed by atoms with Crippen molar-refractivity contribution in [1.82, 2.24) is 9.97 Å². The number of nitrogens with zero attached hydrogens (tertiary/aromatic N) is 2. The summed E-state index contributed by atoms with van der Waals surface area (Å²) in [6.45, 7) is 5.25. The highest BCUT2D eigenvalue weighted by atomic mass is 16.5. The first kappa shape index (κ1) is 12.4. The van der Waals surface area contributed by atoms with Crippen LogP contribution in [0.5, 0.6) is 5.75 Å². The Hall–Kier alpha value is -2.10. The zero-order chi connectivity index (χ0) is 12.8. The summed E-state index contributed by atoms with van der Waals surface area (Å²) in [5.74, 6) is 1.54. The third-order valence-electron chi connectivity index (χ3n) is 2.50. The maximum Gasteiger partial charge on any atom is 0.169 e. The summed E-state index contributed by atoms with van der Waals surface area (Å²) in [5.41, 5.74) is 2.14. The molecule has 2 rings (SSSR count). The molecule has 0 fully saturated rings. The summed E-state index contributed by atoms with van der Waals surface area (Å²) in [6.07, 6.45) is 3.61.